The predicted octanol–water partition coefficient (Wildman–Crippen LogP) is 2.34. The average Bonchev–Trinajstić information content (AvgIpc) is 3.00. The molecule has 0 bridgehead atoms. The normalized spacial score (nSPS) is 12.9. The zero-order valence-electron chi connectivity index (χ0n) is 12.0. The second kappa shape index (κ2) is 6.19. The number of methoxy groups -OCH3 is 2. The summed E-state index contributed by atoms with van der Waals surface area (Å²) >= 11 is 0. The van der Waals surface area contributed by atoms with Gasteiger partial charge in [0.15, 0.2) is 0 Å². The SMILES string of the molecule is COc1ccc(S(=O)(=O)NC(C)c2ccco2)c(OC)c1. The second-order valence-corrected chi connectivity index (χ2v) is 6.06. The first-order valence-electron chi connectivity index (χ1n) is 6.25. The smallest absolute Gasteiger partial charge is 0.244 e. The van der Waals surface area contributed by atoms with E-state index in [1.54, 1.807) is 25.1 Å². The average molecular weight is 311 g/mol. The van der Waals surface area contributed by atoms with Gasteiger partial charge in [0.05, 0.1) is 26.5 Å². The standard InChI is InChI=1S/C14H17NO5S/c1-10(12-5-4-8-20-12)15-21(16,17)14-7-6-11(18-2)9-13(14)19-3/h4-10,15H,1-3H3. The van der Waals surface area contributed by atoms with E-state index in [9.17, 15) is 8.42 Å². The van der Waals surface area contributed by atoms with Gasteiger partial charge in [-0.1, -0.05) is 0 Å². The molecule has 0 aliphatic carbocycles. The summed E-state index contributed by atoms with van der Waals surface area (Å²) in [7, 11) is -0.837. The number of furan rings is 1. The number of nitrogens with one attached hydrogen (secondary N) is 1. The van der Waals surface area contributed by atoms with Crippen LogP contribution in [-0.4, -0.2) is 22.6 Å². The van der Waals surface area contributed by atoms with Gasteiger partial charge in [0.1, 0.15) is 22.2 Å². The molecule has 6 nitrogen and oxygen atoms in total. The molecule has 7 heteroatoms. The van der Waals surface area contributed by atoms with Crippen LogP contribution in [0.5, 0.6) is 11.5 Å². The number of hydrogen-bond acceptors (Lipinski definition) is 5. The van der Waals surface area contributed by atoms with Crippen LogP contribution in [-0.2, 0) is 10.0 Å². The van der Waals surface area contributed by atoms with Gasteiger partial charge in [-0.3, -0.25) is 0 Å². The van der Waals surface area contributed by atoms with E-state index in [-0.39, 0.29) is 10.6 Å². The summed E-state index contributed by atoms with van der Waals surface area (Å²) in [4.78, 5) is 0.0456. The minimum atomic E-state index is -3.74. The molecule has 1 N–H and O–H groups in total. The van der Waals surface area contributed by atoms with Crippen LogP contribution >= 0.6 is 0 Å². The van der Waals surface area contributed by atoms with Gasteiger partial charge in [0, 0.05) is 6.07 Å². The van der Waals surface area contributed by atoms with E-state index < -0.39 is 16.1 Å². The molecular weight excluding hydrogens is 294 g/mol. The first-order valence-corrected chi connectivity index (χ1v) is 7.74. The van der Waals surface area contributed by atoms with Gasteiger partial charge in [0.25, 0.3) is 0 Å². The highest BCUT2D eigenvalue weighted by atomic mass is 32.2. The number of hydrogen-bond donors (Lipinski definition) is 1. The molecule has 0 aliphatic heterocycles. The zero-order valence-corrected chi connectivity index (χ0v) is 12.8. The van der Waals surface area contributed by atoms with Crippen molar-refractivity contribution < 1.29 is 22.3 Å². The molecule has 0 amide bonds. The number of sulfonamides is 1. The molecular formula is C14H17NO5S. The van der Waals surface area contributed by atoms with Gasteiger partial charge in [-0.15, -0.1) is 0 Å². The summed E-state index contributed by atoms with van der Waals surface area (Å²) < 4.78 is 42.8. The Hall–Kier alpha value is -1.99. The Labute approximate surface area is 123 Å². The summed E-state index contributed by atoms with van der Waals surface area (Å²) in [5.41, 5.74) is 0. The van der Waals surface area contributed by atoms with E-state index in [2.05, 4.69) is 4.72 Å². The quantitative estimate of drug-likeness (QED) is 0.886. The van der Waals surface area contributed by atoms with Gasteiger partial charge in [-0.05, 0) is 31.2 Å². The van der Waals surface area contributed by atoms with Crippen LogP contribution in [0.3, 0.4) is 0 Å². The molecule has 0 fully saturated rings. The highest BCUT2D eigenvalue weighted by molar-refractivity contribution is 7.89. The molecule has 0 spiro atoms. The zero-order chi connectivity index (χ0) is 15.5. The van der Waals surface area contributed by atoms with E-state index in [1.807, 2.05) is 0 Å². The maximum absolute atomic E-state index is 12.4. The fourth-order valence-corrected chi connectivity index (χ4v) is 3.25. The van der Waals surface area contributed by atoms with Crippen molar-refractivity contribution in [3.05, 3.63) is 42.4 Å². The van der Waals surface area contributed by atoms with Gasteiger partial charge < -0.3 is 13.9 Å². The molecule has 0 saturated carbocycles. The summed E-state index contributed by atoms with van der Waals surface area (Å²) in [6, 6.07) is 7.44. The topological polar surface area (TPSA) is 77.8 Å². The predicted molar refractivity (Wildman–Crippen MR) is 77.0 cm³/mol. The van der Waals surface area contributed by atoms with Crippen molar-refractivity contribution in [3.63, 3.8) is 0 Å². The molecule has 1 heterocycles. The van der Waals surface area contributed by atoms with Crippen molar-refractivity contribution in [2.45, 2.75) is 17.9 Å². The molecule has 1 atom stereocenters. The second-order valence-electron chi connectivity index (χ2n) is 4.38. The monoisotopic (exact) mass is 311 g/mol. The Morgan fingerprint density at radius 3 is 2.52 bits per heavy atom. The van der Waals surface area contributed by atoms with Crippen molar-refractivity contribution in [1.82, 2.24) is 4.72 Å². The van der Waals surface area contributed by atoms with Gasteiger partial charge in [-0.2, -0.15) is 0 Å². The third-order valence-electron chi connectivity index (χ3n) is 2.96. The van der Waals surface area contributed by atoms with Crippen LogP contribution in [0.4, 0.5) is 0 Å². The molecule has 1 aromatic heterocycles. The summed E-state index contributed by atoms with van der Waals surface area (Å²) in [6.07, 6.45) is 1.49. The Kier molecular flexibility index (Phi) is 4.54. The van der Waals surface area contributed by atoms with E-state index in [1.165, 1.54) is 32.6 Å². The van der Waals surface area contributed by atoms with Crippen molar-refractivity contribution >= 4 is 10.0 Å². The molecule has 0 radical (unpaired) electrons. The number of benzene rings is 1. The van der Waals surface area contributed by atoms with Crippen LogP contribution in [0.2, 0.25) is 0 Å². The maximum atomic E-state index is 12.4. The van der Waals surface area contributed by atoms with Gasteiger partial charge in [-0.25, -0.2) is 13.1 Å². The Morgan fingerprint density at radius 1 is 1.19 bits per heavy atom. The Balaban J connectivity index is 2.31. The minimum Gasteiger partial charge on any atom is -0.497 e. The van der Waals surface area contributed by atoms with Gasteiger partial charge in [0.2, 0.25) is 10.0 Å². The first kappa shape index (κ1) is 15.4. The molecule has 0 saturated heterocycles. The van der Waals surface area contributed by atoms with Crippen LogP contribution < -0.4 is 14.2 Å². The maximum Gasteiger partial charge on any atom is 0.244 e. The van der Waals surface area contributed by atoms with Crippen LogP contribution in [0, 0.1) is 0 Å². The summed E-state index contributed by atoms with van der Waals surface area (Å²) in [6.45, 7) is 1.70. The van der Waals surface area contributed by atoms with Crippen molar-refractivity contribution in [2.24, 2.45) is 0 Å². The third kappa shape index (κ3) is 3.37. The van der Waals surface area contributed by atoms with E-state index in [0.717, 1.165) is 0 Å². The molecule has 114 valence electrons. The highest BCUT2D eigenvalue weighted by Gasteiger charge is 2.23. The third-order valence-corrected chi connectivity index (χ3v) is 4.54. The van der Waals surface area contributed by atoms with E-state index in [0.29, 0.717) is 11.5 Å². The lowest BCUT2D eigenvalue weighted by molar-refractivity contribution is 0.385. The molecule has 21 heavy (non-hydrogen) atoms. The molecule has 1 unspecified atom stereocenters. The number of ether oxygens (including phenoxy) is 2. The molecule has 0 aliphatic rings. The van der Waals surface area contributed by atoms with Crippen molar-refractivity contribution in [2.75, 3.05) is 14.2 Å². The van der Waals surface area contributed by atoms with E-state index >= 15 is 0 Å². The fraction of sp³-hybridized carbons (Fsp3) is 0.286. The summed E-state index contributed by atoms with van der Waals surface area (Å²) in [5.74, 6) is 1.27. The fourth-order valence-electron chi connectivity index (χ4n) is 1.89. The molecule has 2 aromatic rings. The first-order chi connectivity index (χ1) is 9.97. The lowest BCUT2D eigenvalue weighted by Gasteiger charge is -2.15. The Morgan fingerprint density at radius 2 is 1.95 bits per heavy atom. The van der Waals surface area contributed by atoms with Crippen LogP contribution in [0.25, 0.3) is 0 Å². The van der Waals surface area contributed by atoms with Crippen molar-refractivity contribution in [3.8, 4) is 11.5 Å². The highest BCUT2D eigenvalue weighted by Crippen LogP contribution is 2.29. The lowest BCUT2D eigenvalue weighted by atomic mass is 10.3. The molecule has 2 rings (SSSR count). The number of rotatable bonds is 6. The minimum absolute atomic E-state index is 0.0456. The largest absolute Gasteiger partial charge is 0.497 e. The van der Waals surface area contributed by atoms with Crippen molar-refractivity contribution in [1.29, 1.82) is 0 Å². The van der Waals surface area contributed by atoms with E-state index in [4.69, 9.17) is 13.9 Å². The van der Waals surface area contributed by atoms with Crippen LogP contribution in [0.15, 0.2) is 45.9 Å². The summed E-state index contributed by atoms with van der Waals surface area (Å²) in [5, 5.41) is 0. The Bertz CT molecular complexity index is 694. The lowest BCUT2D eigenvalue weighted by Crippen LogP contribution is -2.27. The van der Waals surface area contributed by atoms with Crippen LogP contribution in [0.1, 0.15) is 18.7 Å². The molecule has 1 aromatic carbocycles. The van der Waals surface area contributed by atoms with Gasteiger partial charge >= 0.3 is 0 Å².